The van der Waals surface area contributed by atoms with Gasteiger partial charge in [-0.2, -0.15) is 0 Å². The van der Waals surface area contributed by atoms with Crippen LogP contribution in [-0.4, -0.2) is 34.7 Å². The smallest absolute Gasteiger partial charge is 0.128 e. The van der Waals surface area contributed by atoms with Gasteiger partial charge in [-0.25, -0.2) is 9.37 Å². The maximum atomic E-state index is 14.2. The first-order chi connectivity index (χ1) is 10.2. The lowest BCUT2D eigenvalue weighted by atomic mass is 10.1. The Morgan fingerprint density at radius 2 is 2.24 bits per heavy atom. The molecule has 0 amide bonds. The van der Waals surface area contributed by atoms with Gasteiger partial charge in [-0.05, 0) is 12.6 Å². The molecule has 0 spiro atoms. The molecule has 2 rings (SSSR count). The van der Waals surface area contributed by atoms with E-state index in [4.69, 9.17) is 16.7 Å². The van der Waals surface area contributed by atoms with Gasteiger partial charge in [0.2, 0.25) is 0 Å². The summed E-state index contributed by atoms with van der Waals surface area (Å²) in [5.74, 6) is 0.121. The number of benzene rings is 1. The minimum Gasteiger partial charge on any atom is -0.395 e. The number of aromatic nitrogens is 1. The van der Waals surface area contributed by atoms with Crippen molar-refractivity contribution in [2.45, 2.75) is 19.3 Å². The van der Waals surface area contributed by atoms with Crippen molar-refractivity contribution in [2.24, 2.45) is 0 Å². The van der Waals surface area contributed by atoms with Crippen LogP contribution >= 0.6 is 22.9 Å². The number of likely N-dealkylation sites (N-methyl/N-ethyl adjacent to an activating group) is 1. The molecule has 1 N–H and O–H groups in total. The summed E-state index contributed by atoms with van der Waals surface area (Å²) in [6.45, 7) is 3.88. The molecule has 0 radical (unpaired) electrons. The summed E-state index contributed by atoms with van der Waals surface area (Å²) in [6.07, 6.45) is 0. The zero-order valence-electron chi connectivity index (χ0n) is 11.9. The fourth-order valence-electron chi connectivity index (χ4n) is 2.04. The Labute approximate surface area is 133 Å². The van der Waals surface area contributed by atoms with Gasteiger partial charge in [-0.1, -0.05) is 19.1 Å². The van der Waals surface area contributed by atoms with Gasteiger partial charge >= 0.3 is 0 Å². The maximum absolute atomic E-state index is 14.2. The molecule has 2 aromatic rings. The van der Waals surface area contributed by atoms with Crippen molar-refractivity contribution < 1.29 is 9.50 Å². The number of aliphatic hydroxyl groups is 1. The van der Waals surface area contributed by atoms with Crippen molar-refractivity contribution in [1.29, 1.82) is 0 Å². The van der Waals surface area contributed by atoms with Gasteiger partial charge in [0, 0.05) is 29.6 Å². The first kappa shape index (κ1) is 16.4. The molecule has 0 aliphatic heterocycles. The average molecular weight is 329 g/mol. The Morgan fingerprint density at radius 3 is 2.81 bits per heavy atom. The molecule has 1 heterocycles. The number of alkyl halides is 1. The summed E-state index contributed by atoms with van der Waals surface area (Å²) in [7, 11) is 0. The molecule has 1 aromatic heterocycles. The van der Waals surface area contributed by atoms with E-state index in [9.17, 15) is 4.39 Å². The summed E-state index contributed by atoms with van der Waals surface area (Å²) >= 11 is 7.19. The Balaban J connectivity index is 2.16. The standard InChI is InChI=1S/C15H18ClFN2OS/c1-2-19(5-6-20)9-12-4-3-11(7-14(12)17)15-18-13(8-16)10-21-15/h3-4,7,10,20H,2,5-6,8-9H2,1H3. The normalized spacial score (nSPS) is 11.3. The van der Waals surface area contributed by atoms with E-state index < -0.39 is 0 Å². The molecule has 3 nitrogen and oxygen atoms in total. The van der Waals surface area contributed by atoms with Crippen LogP contribution in [0.4, 0.5) is 4.39 Å². The molecule has 0 unspecified atom stereocenters. The molecular weight excluding hydrogens is 311 g/mol. The number of halogens is 2. The van der Waals surface area contributed by atoms with Crippen molar-refractivity contribution in [3.63, 3.8) is 0 Å². The molecule has 0 saturated carbocycles. The van der Waals surface area contributed by atoms with Crippen molar-refractivity contribution in [2.75, 3.05) is 19.7 Å². The second-order valence-corrected chi connectivity index (χ2v) is 5.80. The highest BCUT2D eigenvalue weighted by Crippen LogP contribution is 2.26. The van der Waals surface area contributed by atoms with Gasteiger partial charge in [-0.15, -0.1) is 22.9 Å². The van der Waals surface area contributed by atoms with E-state index in [2.05, 4.69) is 4.98 Å². The van der Waals surface area contributed by atoms with Crippen LogP contribution in [0.15, 0.2) is 23.6 Å². The Kier molecular flexibility index (Phi) is 6.11. The van der Waals surface area contributed by atoms with E-state index in [0.717, 1.165) is 22.8 Å². The summed E-state index contributed by atoms with van der Waals surface area (Å²) in [6, 6.07) is 5.17. The van der Waals surface area contributed by atoms with Gasteiger partial charge in [0.05, 0.1) is 18.2 Å². The maximum Gasteiger partial charge on any atom is 0.128 e. The number of thiazole rings is 1. The summed E-state index contributed by atoms with van der Waals surface area (Å²) < 4.78 is 14.2. The summed E-state index contributed by atoms with van der Waals surface area (Å²) in [4.78, 5) is 6.35. The molecular formula is C15H18ClFN2OS. The Bertz CT molecular complexity index is 591. The van der Waals surface area contributed by atoms with Crippen LogP contribution in [0, 0.1) is 5.82 Å². The fourth-order valence-corrected chi connectivity index (χ4v) is 3.09. The van der Waals surface area contributed by atoms with Gasteiger partial charge in [0.25, 0.3) is 0 Å². The van der Waals surface area contributed by atoms with Crippen LogP contribution < -0.4 is 0 Å². The van der Waals surface area contributed by atoms with E-state index in [1.54, 1.807) is 6.07 Å². The van der Waals surface area contributed by atoms with Crippen LogP contribution in [0.3, 0.4) is 0 Å². The lowest BCUT2D eigenvalue weighted by Crippen LogP contribution is -2.26. The largest absolute Gasteiger partial charge is 0.395 e. The van der Waals surface area contributed by atoms with Crippen molar-refractivity contribution in [1.82, 2.24) is 9.88 Å². The van der Waals surface area contributed by atoms with Crippen molar-refractivity contribution >= 4 is 22.9 Å². The van der Waals surface area contributed by atoms with Crippen LogP contribution in [0.1, 0.15) is 18.2 Å². The Morgan fingerprint density at radius 1 is 1.43 bits per heavy atom. The first-order valence-corrected chi connectivity index (χ1v) is 8.21. The van der Waals surface area contributed by atoms with Crippen LogP contribution in [-0.2, 0) is 12.4 Å². The lowest BCUT2D eigenvalue weighted by molar-refractivity contribution is 0.195. The van der Waals surface area contributed by atoms with E-state index in [-0.39, 0.29) is 12.4 Å². The zero-order valence-corrected chi connectivity index (χ0v) is 13.4. The summed E-state index contributed by atoms with van der Waals surface area (Å²) in [5.41, 5.74) is 2.20. The lowest BCUT2D eigenvalue weighted by Gasteiger charge is -2.19. The molecule has 0 atom stereocenters. The quantitative estimate of drug-likeness (QED) is 0.790. The minimum absolute atomic E-state index is 0.0772. The second-order valence-electron chi connectivity index (χ2n) is 4.68. The number of nitrogens with zero attached hydrogens (tertiary/aromatic N) is 2. The highest BCUT2D eigenvalue weighted by Gasteiger charge is 2.11. The molecule has 0 fully saturated rings. The number of hydrogen-bond donors (Lipinski definition) is 1. The van der Waals surface area contributed by atoms with Gasteiger partial charge in [-0.3, -0.25) is 4.90 Å². The van der Waals surface area contributed by atoms with Crippen molar-refractivity contribution in [3.8, 4) is 10.6 Å². The van der Waals surface area contributed by atoms with Crippen molar-refractivity contribution in [3.05, 3.63) is 40.7 Å². The van der Waals surface area contributed by atoms with Gasteiger partial charge in [0.1, 0.15) is 10.8 Å². The molecule has 1 aromatic carbocycles. The second kappa shape index (κ2) is 7.84. The highest BCUT2D eigenvalue weighted by molar-refractivity contribution is 7.13. The van der Waals surface area contributed by atoms with Crippen LogP contribution in [0.25, 0.3) is 10.6 Å². The van der Waals surface area contributed by atoms with Crippen LogP contribution in [0.2, 0.25) is 0 Å². The van der Waals surface area contributed by atoms with E-state index in [1.807, 2.05) is 23.3 Å². The predicted molar refractivity (Wildman–Crippen MR) is 85.1 cm³/mol. The topological polar surface area (TPSA) is 36.4 Å². The van der Waals surface area contributed by atoms with Gasteiger partial charge < -0.3 is 5.11 Å². The number of hydrogen-bond acceptors (Lipinski definition) is 4. The van der Waals surface area contributed by atoms with Crippen LogP contribution in [0.5, 0.6) is 0 Å². The average Bonchev–Trinajstić information content (AvgIpc) is 2.97. The molecule has 0 aliphatic rings. The fraction of sp³-hybridized carbons (Fsp3) is 0.400. The minimum atomic E-state index is -0.244. The number of rotatable bonds is 7. The Hall–Kier alpha value is -1.01. The molecule has 6 heteroatoms. The molecule has 0 saturated heterocycles. The predicted octanol–water partition coefficient (Wildman–Crippen LogP) is 3.50. The van der Waals surface area contributed by atoms with E-state index >= 15 is 0 Å². The SMILES string of the molecule is CCN(CCO)Cc1ccc(-c2nc(CCl)cs2)cc1F. The third kappa shape index (κ3) is 4.23. The number of aliphatic hydroxyl groups excluding tert-OH is 1. The molecule has 0 bridgehead atoms. The monoisotopic (exact) mass is 328 g/mol. The van der Waals surface area contributed by atoms with E-state index in [1.165, 1.54) is 17.4 Å². The summed E-state index contributed by atoms with van der Waals surface area (Å²) in [5, 5.41) is 11.6. The molecule has 114 valence electrons. The first-order valence-electron chi connectivity index (χ1n) is 6.80. The van der Waals surface area contributed by atoms with Gasteiger partial charge in [0.15, 0.2) is 0 Å². The molecule has 21 heavy (non-hydrogen) atoms. The zero-order chi connectivity index (χ0) is 15.2. The molecule has 0 aliphatic carbocycles. The third-order valence-corrected chi connectivity index (χ3v) is 4.46. The van der Waals surface area contributed by atoms with E-state index in [0.29, 0.717) is 24.5 Å². The highest BCUT2D eigenvalue weighted by atomic mass is 35.5. The third-order valence-electron chi connectivity index (χ3n) is 3.25.